The molecule has 1 aromatic heterocycles. The van der Waals surface area contributed by atoms with Crippen LogP contribution >= 0.6 is 11.6 Å². The fourth-order valence-corrected chi connectivity index (χ4v) is 6.47. The van der Waals surface area contributed by atoms with Crippen molar-refractivity contribution in [1.82, 2.24) is 4.98 Å². The third-order valence-electron chi connectivity index (χ3n) is 6.61. The molecule has 3 nitrogen and oxygen atoms in total. The highest BCUT2D eigenvalue weighted by Crippen LogP contribution is 2.40. The molecule has 4 aromatic carbocycles. The minimum atomic E-state index is -4.56. The van der Waals surface area contributed by atoms with Gasteiger partial charge in [0.25, 0.3) is 0 Å². The summed E-state index contributed by atoms with van der Waals surface area (Å²) in [5.74, 6) is -0.235. The summed E-state index contributed by atoms with van der Waals surface area (Å²) in [5, 5.41) is 0.475. The predicted molar refractivity (Wildman–Crippen MR) is 154 cm³/mol. The van der Waals surface area contributed by atoms with Gasteiger partial charge in [0.1, 0.15) is 0 Å². The van der Waals surface area contributed by atoms with Gasteiger partial charge in [0.15, 0.2) is 9.84 Å². The Bertz CT molecular complexity index is 1840. The van der Waals surface area contributed by atoms with E-state index in [9.17, 15) is 21.6 Å². The molecule has 40 heavy (non-hydrogen) atoms. The number of benzene rings is 4. The van der Waals surface area contributed by atoms with Crippen molar-refractivity contribution in [2.75, 3.05) is 5.75 Å². The van der Waals surface area contributed by atoms with Crippen molar-refractivity contribution >= 4 is 32.3 Å². The average Bonchev–Trinajstić information content (AvgIpc) is 2.92. The highest BCUT2D eigenvalue weighted by atomic mass is 35.5. The molecule has 0 saturated carbocycles. The number of aromatic nitrogens is 1. The molecular formula is C32H23ClF3NO2S. The van der Waals surface area contributed by atoms with E-state index in [1.54, 1.807) is 18.2 Å². The number of alkyl halides is 3. The maximum Gasteiger partial charge on any atom is 0.418 e. The van der Waals surface area contributed by atoms with Crippen LogP contribution in [0.15, 0.2) is 115 Å². The van der Waals surface area contributed by atoms with Gasteiger partial charge in [-0.1, -0.05) is 84.4 Å². The van der Waals surface area contributed by atoms with Gasteiger partial charge in [-0.05, 0) is 64.1 Å². The Morgan fingerprint density at radius 2 is 1.55 bits per heavy atom. The van der Waals surface area contributed by atoms with E-state index in [1.807, 2.05) is 54.6 Å². The lowest BCUT2D eigenvalue weighted by atomic mass is 9.90. The second kappa shape index (κ2) is 10.9. The van der Waals surface area contributed by atoms with Crippen LogP contribution in [-0.2, 0) is 22.4 Å². The Labute approximate surface area is 235 Å². The zero-order valence-corrected chi connectivity index (χ0v) is 22.7. The van der Waals surface area contributed by atoms with Gasteiger partial charge < -0.3 is 0 Å². The molecule has 8 heteroatoms. The van der Waals surface area contributed by atoms with E-state index < -0.39 is 21.6 Å². The van der Waals surface area contributed by atoms with Gasteiger partial charge in [0, 0.05) is 11.6 Å². The van der Waals surface area contributed by atoms with Crippen molar-refractivity contribution in [2.45, 2.75) is 17.5 Å². The van der Waals surface area contributed by atoms with Gasteiger partial charge in [0.05, 0.1) is 26.8 Å². The largest absolute Gasteiger partial charge is 0.418 e. The first-order valence-electron chi connectivity index (χ1n) is 12.3. The molecule has 0 N–H and O–H groups in total. The van der Waals surface area contributed by atoms with Crippen molar-refractivity contribution in [3.05, 3.63) is 132 Å². The molecule has 0 bridgehead atoms. The number of hydrogen-bond donors (Lipinski definition) is 0. The van der Waals surface area contributed by atoms with Crippen LogP contribution in [0.2, 0.25) is 5.02 Å². The van der Waals surface area contributed by atoms with Crippen molar-refractivity contribution in [2.24, 2.45) is 0 Å². The van der Waals surface area contributed by atoms with E-state index in [4.69, 9.17) is 11.6 Å². The van der Waals surface area contributed by atoms with Crippen LogP contribution in [0.4, 0.5) is 13.2 Å². The van der Waals surface area contributed by atoms with Gasteiger partial charge in [-0.25, -0.2) is 8.42 Å². The molecular weight excluding hydrogens is 555 g/mol. The topological polar surface area (TPSA) is 47.0 Å². The Morgan fingerprint density at radius 3 is 2.25 bits per heavy atom. The lowest BCUT2D eigenvalue weighted by Crippen LogP contribution is -2.07. The number of para-hydroxylation sites is 1. The summed E-state index contributed by atoms with van der Waals surface area (Å²) >= 11 is 6.38. The van der Waals surface area contributed by atoms with Gasteiger partial charge >= 0.3 is 6.18 Å². The molecule has 0 atom stereocenters. The number of pyridine rings is 1. The summed E-state index contributed by atoms with van der Waals surface area (Å²) in [4.78, 5) is 4.28. The summed E-state index contributed by atoms with van der Waals surface area (Å²) in [6, 6.07) is 25.8. The normalized spacial score (nSPS) is 12.0. The molecule has 0 amide bonds. The monoisotopic (exact) mass is 577 g/mol. The molecule has 0 radical (unpaired) electrons. The SMILES string of the molecule is C=CCS(=O)(=O)c1ccc(-c2cccc(-c3c(Cc4ccccc4)cnc4c(C(F)(F)F)cccc34)c2)cc1Cl. The molecule has 0 saturated heterocycles. The van der Waals surface area contributed by atoms with E-state index in [1.165, 1.54) is 24.4 Å². The Kier molecular flexibility index (Phi) is 7.53. The minimum Gasteiger partial charge on any atom is -0.255 e. The van der Waals surface area contributed by atoms with Gasteiger partial charge in [-0.3, -0.25) is 4.98 Å². The van der Waals surface area contributed by atoms with E-state index in [0.29, 0.717) is 28.5 Å². The van der Waals surface area contributed by atoms with Gasteiger partial charge in [-0.2, -0.15) is 13.2 Å². The van der Waals surface area contributed by atoms with Crippen molar-refractivity contribution in [3.8, 4) is 22.3 Å². The second-order valence-corrected chi connectivity index (χ2v) is 11.7. The summed E-state index contributed by atoms with van der Waals surface area (Å²) < 4.78 is 66.7. The van der Waals surface area contributed by atoms with Crippen LogP contribution in [0.5, 0.6) is 0 Å². The first kappa shape index (κ1) is 27.6. The lowest BCUT2D eigenvalue weighted by molar-refractivity contribution is -0.136. The summed E-state index contributed by atoms with van der Waals surface area (Å²) in [5.41, 5.74) is 3.62. The van der Waals surface area contributed by atoms with Gasteiger partial charge in [0.2, 0.25) is 0 Å². The van der Waals surface area contributed by atoms with Gasteiger partial charge in [-0.15, -0.1) is 6.58 Å². The molecule has 1 heterocycles. The van der Waals surface area contributed by atoms with Crippen molar-refractivity contribution in [1.29, 1.82) is 0 Å². The molecule has 5 rings (SSSR count). The fourth-order valence-electron chi connectivity index (χ4n) is 4.82. The molecule has 5 aromatic rings. The van der Waals surface area contributed by atoms with E-state index in [2.05, 4.69) is 11.6 Å². The first-order valence-corrected chi connectivity index (χ1v) is 14.4. The summed E-state index contributed by atoms with van der Waals surface area (Å²) in [6.07, 6.45) is -1.26. The standard InChI is InChI=1S/C32H23ClF3NO2S/c1-2-16-40(38,39)29-15-14-23(19-28(29)33)22-10-6-11-24(18-22)30-25(17-21-8-4-3-5-9-21)20-37-31-26(30)12-7-13-27(31)32(34,35)36/h2-15,18-20H,1,16-17H2. The van der Waals surface area contributed by atoms with Crippen molar-refractivity contribution in [3.63, 3.8) is 0 Å². The minimum absolute atomic E-state index is 0.0129. The number of rotatable bonds is 7. The number of nitrogens with zero attached hydrogens (tertiary/aromatic N) is 1. The van der Waals surface area contributed by atoms with E-state index in [0.717, 1.165) is 22.8 Å². The lowest BCUT2D eigenvalue weighted by Gasteiger charge is -2.17. The number of hydrogen-bond acceptors (Lipinski definition) is 3. The molecule has 0 aliphatic carbocycles. The molecule has 0 fully saturated rings. The first-order chi connectivity index (χ1) is 19.1. The summed E-state index contributed by atoms with van der Waals surface area (Å²) in [6.45, 7) is 3.49. The predicted octanol–water partition coefficient (Wildman–Crippen LogP) is 8.79. The van der Waals surface area contributed by atoms with E-state index in [-0.39, 0.29) is 21.2 Å². The van der Waals surface area contributed by atoms with Crippen LogP contribution in [-0.4, -0.2) is 19.2 Å². The van der Waals surface area contributed by atoms with Crippen molar-refractivity contribution < 1.29 is 21.6 Å². The highest BCUT2D eigenvalue weighted by molar-refractivity contribution is 7.91. The fraction of sp³-hybridized carbons (Fsp3) is 0.0938. The van der Waals surface area contributed by atoms with Crippen LogP contribution < -0.4 is 0 Å². The number of sulfone groups is 1. The third-order valence-corrected chi connectivity index (χ3v) is 8.73. The smallest absolute Gasteiger partial charge is 0.255 e. The number of fused-ring (bicyclic) bond motifs is 1. The van der Waals surface area contributed by atoms with Crippen LogP contribution in [0.25, 0.3) is 33.2 Å². The highest BCUT2D eigenvalue weighted by Gasteiger charge is 2.33. The zero-order valence-electron chi connectivity index (χ0n) is 21.1. The Morgan fingerprint density at radius 1 is 0.850 bits per heavy atom. The quantitative estimate of drug-likeness (QED) is 0.182. The number of halogens is 4. The molecule has 0 aliphatic heterocycles. The maximum absolute atomic E-state index is 13.9. The van der Waals surface area contributed by atoms with Crippen LogP contribution in [0.3, 0.4) is 0 Å². The maximum atomic E-state index is 13.9. The zero-order chi connectivity index (χ0) is 28.5. The van der Waals surface area contributed by atoms with Crippen LogP contribution in [0, 0.1) is 0 Å². The summed E-state index contributed by atoms with van der Waals surface area (Å²) in [7, 11) is -3.62. The molecule has 0 aliphatic rings. The second-order valence-electron chi connectivity index (χ2n) is 9.32. The van der Waals surface area contributed by atoms with Crippen LogP contribution in [0.1, 0.15) is 16.7 Å². The Balaban J connectivity index is 1.68. The molecule has 202 valence electrons. The van der Waals surface area contributed by atoms with E-state index >= 15 is 0 Å². The molecule has 0 spiro atoms. The third kappa shape index (κ3) is 5.53. The average molecular weight is 578 g/mol. The molecule has 0 unspecified atom stereocenters. The Hall–Kier alpha value is -3.94.